The predicted octanol–water partition coefficient (Wildman–Crippen LogP) is 3.08. The minimum atomic E-state index is -0.601. The number of carbonyl (C=O) groups is 2. The summed E-state index contributed by atoms with van der Waals surface area (Å²) in [7, 11) is 1.36. The molecular formula is C19H17N3O4. The molecule has 0 spiro atoms. The van der Waals surface area contributed by atoms with Gasteiger partial charge in [-0.2, -0.15) is 0 Å². The number of benzene rings is 1. The van der Waals surface area contributed by atoms with Crippen LogP contribution in [-0.4, -0.2) is 33.6 Å². The van der Waals surface area contributed by atoms with Gasteiger partial charge in [0.2, 0.25) is 0 Å². The summed E-state index contributed by atoms with van der Waals surface area (Å²) in [5.41, 5.74) is 2.43. The topological polar surface area (TPSA) is 83.3 Å². The van der Waals surface area contributed by atoms with Crippen LogP contribution < -0.4 is 4.74 Å². The van der Waals surface area contributed by atoms with E-state index >= 15 is 0 Å². The van der Waals surface area contributed by atoms with Crippen molar-refractivity contribution in [3.63, 3.8) is 0 Å². The predicted molar refractivity (Wildman–Crippen MR) is 93.3 cm³/mol. The summed E-state index contributed by atoms with van der Waals surface area (Å²) in [5.74, 6) is -0.661. The van der Waals surface area contributed by atoms with E-state index in [4.69, 9.17) is 9.47 Å². The number of fused-ring (bicyclic) bond motifs is 1. The summed E-state index contributed by atoms with van der Waals surface area (Å²) in [4.78, 5) is 32.3. The maximum atomic E-state index is 12.3. The van der Waals surface area contributed by atoms with Crippen molar-refractivity contribution in [2.24, 2.45) is 0 Å². The number of hydrogen-bond donors (Lipinski definition) is 0. The van der Waals surface area contributed by atoms with E-state index in [9.17, 15) is 9.59 Å². The Kier molecular flexibility index (Phi) is 3.91. The molecular weight excluding hydrogens is 334 g/mol. The zero-order valence-corrected chi connectivity index (χ0v) is 14.4. The molecule has 7 nitrogen and oxygen atoms in total. The molecule has 2 heterocycles. The third-order valence-electron chi connectivity index (χ3n) is 4.50. The second-order valence-electron chi connectivity index (χ2n) is 6.21. The molecule has 0 N–H and O–H groups in total. The standard InChI is InChI=1S/C19H17N3O4/c1-11-17(19(24)25-2)14-9-13(5-6-16(14)22(11)12-3-4-12)26-18(23)15-10-20-7-8-21-15/h5-10,12H,3-4H2,1-2H3. The summed E-state index contributed by atoms with van der Waals surface area (Å²) in [6.07, 6.45) is 6.43. The van der Waals surface area contributed by atoms with Crippen LogP contribution in [0.25, 0.3) is 10.9 Å². The lowest BCUT2D eigenvalue weighted by atomic mass is 10.1. The molecule has 0 unspecified atom stereocenters. The molecule has 1 aliphatic rings. The zero-order chi connectivity index (χ0) is 18.3. The first-order valence-electron chi connectivity index (χ1n) is 8.31. The smallest absolute Gasteiger partial charge is 0.363 e. The van der Waals surface area contributed by atoms with Gasteiger partial charge in [0.1, 0.15) is 5.75 Å². The van der Waals surface area contributed by atoms with Crippen molar-refractivity contribution in [3.05, 3.63) is 53.7 Å². The summed E-state index contributed by atoms with van der Waals surface area (Å²) >= 11 is 0. The van der Waals surface area contributed by atoms with Crippen LogP contribution >= 0.6 is 0 Å². The molecule has 2 aromatic heterocycles. The fourth-order valence-corrected chi connectivity index (χ4v) is 3.21. The van der Waals surface area contributed by atoms with Crippen molar-refractivity contribution in [3.8, 4) is 5.75 Å². The second-order valence-corrected chi connectivity index (χ2v) is 6.21. The van der Waals surface area contributed by atoms with Crippen molar-refractivity contribution >= 4 is 22.8 Å². The second kappa shape index (κ2) is 6.25. The van der Waals surface area contributed by atoms with Crippen LogP contribution in [0.1, 0.15) is 45.4 Å². The first kappa shape index (κ1) is 16.3. The molecule has 0 atom stereocenters. The van der Waals surface area contributed by atoms with Gasteiger partial charge in [0.15, 0.2) is 5.69 Å². The van der Waals surface area contributed by atoms with E-state index < -0.39 is 11.9 Å². The lowest BCUT2D eigenvalue weighted by molar-refractivity contribution is 0.0601. The number of esters is 2. The van der Waals surface area contributed by atoms with Gasteiger partial charge in [-0.05, 0) is 38.0 Å². The Bertz CT molecular complexity index is 1010. The van der Waals surface area contributed by atoms with E-state index in [2.05, 4.69) is 14.5 Å². The highest BCUT2D eigenvalue weighted by atomic mass is 16.5. The number of aromatic nitrogens is 3. The van der Waals surface area contributed by atoms with Crippen molar-refractivity contribution in [2.75, 3.05) is 7.11 Å². The van der Waals surface area contributed by atoms with Gasteiger partial charge in [0.25, 0.3) is 0 Å². The SMILES string of the molecule is COC(=O)c1c(C)n(C2CC2)c2ccc(OC(=O)c3cnccn3)cc12. The van der Waals surface area contributed by atoms with Crippen molar-refractivity contribution in [1.82, 2.24) is 14.5 Å². The van der Waals surface area contributed by atoms with Crippen LogP contribution in [-0.2, 0) is 4.74 Å². The molecule has 0 radical (unpaired) electrons. The molecule has 26 heavy (non-hydrogen) atoms. The number of carbonyl (C=O) groups excluding carboxylic acids is 2. The van der Waals surface area contributed by atoms with E-state index in [0.717, 1.165) is 24.1 Å². The molecule has 0 amide bonds. The largest absolute Gasteiger partial charge is 0.465 e. The van der Waals surface area contributed by atoms with E-state index in [0.29, 0.717) is 22.7 Å². The van der Waals surface area contributed by atoms with Gasteiger partial charge in [-0.3, -0.25) is 4.98 Å². The zero-order valence-electron chi connectivity index (χ0n) is 14.4. The van der Waals surface area contributed by atoms with Crippen molar-refractivity contribution in [1.29, 1.82) is 0 Å². The van der Waals surface area contributed by atoms with Gasteiger partial charge < -0.3 is 14.0 Å². The number of hydrogen-bond acceptors (Lipinski definition) is 6. The average molecular weight is 351 g/mol. The fraction of sp³-hybridized carbons (Fsp3) is 0.263. The van der Waals surface area contributed by atoms with E-state index in [1.807, 2.05) is 13.0 Å². The third kappa shape index (κ3) is 2.71. The quantitative estimate of drug-likeness (QED) is 0.531. The summed E-state index contributed by atoms with van der Waals surface area (Å²) < 4.78 is 12.5. The monoisotopic (exact) mass is 351 g/mol. The van der Waals surface area contributed by atoms with Crippen LogP contribution in [0.2, 0.25) is 0 Å². The Hall–Kier alpha value is -3.22. The van der Waals surface area contributed by atoms with Gasteiger partial charge in [-0.1, -0.05) is 0 Å². The average Bonchev–Trinajstić information content (AvgIpc) is 3.45. The molecule has 0 aliphatic heterocycles. The highest BCUT2D eigenvalue weighted by Gasteiger charge is 2.30. The first-order chi connectivity index (χ1) is 12.6. The fourth-order valence-electron chi connectivity index (χ4n) is 3.21. The van der Waals surface area contributed by atoms with Crippen LogP contribution in [0.5, 0.6) is 5.75 Å². The normalized spacial score (nSPS) is 13.6. The Morgan fingerprint density at radius 3 is 2.65 bits per heavy atom. The molecule has 3 aromatic rings. The third-order valence-corrected chi connectivity index (χ3v) is 4.50. The lowest BCUT2D eigenvalue weighted by Gasteiger charge is -2.07. The highest BCUT2D eigenvalue weighted by Crippen LogP contribution is 2.42. The summed E-state index contributed by atoms with van der Waals surface area (Å²) in [6, 6.07) is 5.69. The van der Waals surface area contributed by atoms with Gasteiger partial charge >= 0.3 is 11.9 Å². The Balaban J connectivity index is 1.76. The summed E-state index contributed by atoms with van der Waals surface area (Å²) in [5, 5.41) is 0.714. The van der Waals surface area contributed by atoms with Gasteiger partial charge in [-0.25, -0.2) is 14.6 Å². The van der Waals surface area contributed by atoms with Crippen molar-refractivity contribution in [2.45, 2.75) is 25.8 Å². The minimum absolute atomic E-state index is 0.118. The Morgan fingerprint density at radius 2 is 2.00 bits per heavy atom. The first-order valence-corrected chi connectivity index (χ1v) is 8.31. The molecule has 1 aromatic carbocycles. The van der Waals surface area contributed by atoms with Crippen LogP contribution in [0, 0.1) is 6.92 Å². The molecule has 0 saturated heterocycles. The van der Waals surface area contributed by atoms with Gasteiger partial charge in [0.05, 0.1) is 18.9 Å². The van der Waals surface area contributed by atoms with Crippen LogP contribution in [0.15, 0.2) is 36.8 Å². The maximum Gasteiger partial charge on any atom is 0.363 e. The van der Waals surface area contributed by atoms with Gasteiger partial charge in [-0.15, -0.1) is 0 Å². The number of rotatable bonds is 4. The van der Waals surface area contributed by atoms with Crippen LogP contribution in [0.4, 0.5) is 0 Å². The highest BCUT2D eigenvalue weighted by molar-refractivity contribution is 6.06. The molecule has 1 fully saturated rings. The Labute approximate surface area is 149 Å². The van der Waals surface area contributed by atoms with Crippen molar-refractivity contribution < 1.29 is 19.1 Å². The maximum absolute atomic E-state index is 12.3. The van der Waals surface area contributed by atoms with E-state index in [1.54, 1.807) is 12.1 Å². The Morgan fingerprint density at radius 1 is 1.19 bits per heavy atom. The lowest BCUT2D eigenvalue weighted by Crippen LogP contribution is -2.10. The molecule has 1 saturated carbocycles. The van der Waals surface area contributed by atoms with E-state index in [-0.39, 0.29) is 5.69 Å². The molecule has 132 valence electrons. The minimum Gasteiger partial charge on any atom is -0.465 e. The summed E-state index contributed by atoms with van der Waals surface area (Å²) in [6.45, 7) is 1.91. The molecule has 1 aliphatic carbocycles. The number of methoxy groups -OCH3 is 1. The molecule has 0 bridgehead atoms. The molecule has 7 heteroatoms. The van der Waals surface area contributed by atoms with E-state index in [1.165, 1.54) is 25.7 Å². The molecule has 4 rings (SSSR count). The number of ether oxygens (including phenoxy) is 2. The number of nitrogens with zero attached hydrogens (tertiary/aromatic N) is 3. The van der Waals surface area contributed by atoms with Gasteiger partial charge in [0, 0.05) is 35.0 Å². The van der Waals surface area contributed by atoms with Crippen LogP contribution in [0.3, 0.4) is 0 Å².